The van der Waals surface area contributed by atoms with Crippen molar-refractivity contribution >= 4 is 64.1 Å². The molecule has 0 saturated carbocycles. The van der Waals surface area contributed by atoms with Crippen molar-refractivity contribution in [1.29, 1.82) is 5.41 Å². The number of carboxylic acids is 1. The van der Waals surface area contributed by atoms with Crippen molar-refractivity contribution in [2.24, 2.45) is 10.1 Å². The van der Waals surface area contributed by atoms with Gasteiger partial charge in [-0.3, -0.25) is 10.2 Å². The number of morpholine rings is 1. The fraction of sp³-hybridized carbons (Fsp3) is 0.265. The summed E-state index contributed by atoms with van der Waals surface area (Å²) in [5, 5.41) is 22.4. The highest BCUT2D eigenvalue weighted by molar-refractivity contribution is 6.59. The molecule has 2 fully saturated rings. The lowest BCUT2D eigenvalue weighted by atomic mass is 9.96. The van der Waals surface area contributed by atoms with E-state index in [0.29, 0.717) is 52.6 Å². The molecule has 2 saturated heterocycles. The average molecular weight is 692 g/mol. The Morgan fingerprint density at radius 3 is 2.52 bits per heavy atom. The Labute approximate surface area is 284 Å². The molecule has 2 atom stereocenters. The Kier molecular flexibility index (Phi) is 8.40. The molecular formula is C34H29Cl2FN6O5. The molecule has 11 nitrogen and oxygen atoms in total. The van der Waals surface area contributed by atoms with Gasteiger partial charge >= 0.3 is 5.97 Å². The number of carbonyl (C=O) groups is 2. The fourth-order valence-electron chi connectivity index (χ4n) is 6.79. The Morgan fingerprint density at radius 2 is 1.83 bits per heavy atom. The Hall–Kier alpha value is -4.78. The molecule has 3 aromatic rings. The van der Waals surface area contributed by atoms with Gasteiger partial charge in [-0.25, -0.2) is 14.2 Å². The molecule has 2 bridgehead atoms. The summed E-state index contributed by atoms with van der Waals surface area (Å²) in [6, 6.07) is 11.1. The molecule has 4 heterocycles. The van der Waals surface area contributed by atoms with Crippen LogP contribution in [-0.2, 0) is 11.3 Å². The Bertz CT molecular complexity index is 1940. The van der Waals surface area contributed by atoms with E-state index in [9.17, 15) is 14.7 Å². The number of amides is 1. The van der Waals surface area contributed by atoms with Crippen LogP contribution < -0.4 is 15.1 Å². The van der Waals surface area contributed by atoms with Crippen LogP contribution in [0, 0.1) is 11.2 Å². The predicted octanol–water partition coefficient (Wildman–Crippen LogP) is 5.88. The maximum Gasteiger partial charge on any atom is 0.337 e. The van der Waals surface area contributed by atoms with Crippen molar-refractivity contribution < 1.29 is 28.6 Å². The van der Waals surface area contributed by atoms with Gasteiger partial charge in [0.15, 0.2) is 12.6 Å². The zero-order chi connectivity index (χ0) is 33.7. The van der Waals surface area contributed by atoms with Crippen LogP contribution in [0.15, 0.2) is 58.6 Å². The van der Waals surface area contributed by atoms with E-state index in [1.165, 1.54) is 11.1 Å². The van der Waals surface area contributed by atoms with Gasteiger partial charge in [0.25, 0.3) is 5.91 Å². The summed E-state index contributed by atoms with van der Waals surface area (Å²) in [6.45, 7) is 0.930. The molecule has 4 aliphatic rings. The number of carboxylic acid groups (broad SMARTS) is 1. The first-order valence-electron chi connectivity index (χ1n) is 15.2. The molecule has 7 rings (SSSR count). The summed E-state index contributed by atoms with van der Waals surface area (Å²) >= 11 is 13.3. The molecule has 4 aliphatic heterocycles. The summed E-state index contributed by atoms with van der Waals surface area (Å²) in [6.07, 6.45) is 4.88. The van der Waals surface area contributed by atoms with Gasteiger partial charge in [0.1, 0.15) is 17.3 Å². The van der Waals surface area contributed by atoms with E-state index in [1.54, 1.807) is 49.5 Å². The van der Waals surface area contributed by atoms with Crippen LogP contribution in [0.5, 0.6) is 5.75 Å². The number of aliphatic imine (C=N–C) groups is 1. The molecule has 0 spiro atoms. The number of halogens is 3. The summed E-state index contributed by atoms with van der Waals surface area (Å²) in [7, 11) is 1.61. The third-order valence-corrected chi connectivity index (χ3v) is 9.55. The number of nitrogens with one attached hydrogen (secondary N) is 2. The number of fused-ring (bicyclic) bond motifs is 3. The lowest BCUT2D eigenvalue weighted by Gasteiger charge is -2.37. The molecule has 1 amide bonds. The summed E-state index contributed by atoms with van der Waals surface area (Å²) in [5.41, 5.74) is 5.78. The van der Waals surface area contributed by atoms with Gasteiger partial charge in [-0.1, -0.05) is 41.4 Å². The number of hydrogen-bond donors (Lipinski definition) is 3. The van der Waals surface area contributed by atoms with Gasteiger partial charge in [-0.05, 0) is 48.7 Å². The van der Waals surface area contributed by atoms with Crippen LogP contribution in [0.2, 0.25) is 10.0 Å². The molecule has 48 heavy (non-hydrogen) atoms. The average Bonchev–Trinajstić information content (AvgIpc) is 3.31. The second-order valence-electron chi connectivity index (χ2n) is 11.8. The highest BCUT2D eigenvalue weighted by Crippen LogP contribution is 2.43. The van der Waals surface area contributed by atoms with Crippen LogP contribution in [0.4, 0.5) is 10.1 Å². The SMILES string of the molecule is CN/N=C1\C(=N)N=CC=C1c1cc(Cl)c(C(=O)N2COc3c(cccc3-c3cc(N4C5CCC4COC5)c(C(=O)O)cc3F)C2)c(Cl)c1. The third-order valence-electron chi connectivity index (χ3n) is 8.95. The van der Waals surface area contributed by atoms with E-state index < -0.39 is 17.7 Å². The topological polar surface area (TPSA) is 140 Å². The van der Waals surface area contributed by atoms with Crippen LogP contribution in [-0.4, -0.2) is 78.7 Å². The first-order chi connectivity index (χ1) is 23.2. The number of dihydropyridines is 1. The minimum absolute atomic E-state index is 0.0126. The predicted molar refractivity (Wildman–Crippen MR) is 181 cm³/mol. The van der Waals surface area contributed by atoms with Gasteiger partial charge in [0.2, 0.25) is 0 Å². The Balaban J connectivity index is 1.19. The fourth-order valence-corrected chi connectivity index (χ4v) is 7.44. The molecule has 3 aromatic carbocycles. The zero-order valence-electron chi connectivity index (χ0n) is 25.6. The van der Waals surface area contributed by atoms with Gasteiger partial charge in [0.05, 0.1) is 58.7 Å². The maximum atomic E-state index is 15.7. The van der Waals surface area contributed by atoms with Crippen LogP contribution in [0.1, 0.15) is 44.7 Å². The standard InChI is InChI=1S/C34H29Cl2FN6O5/c1-39-41-30-21(7-8-40-32(30)38)18-9-25(35)29(26(36)10-18)33(44)42-13-17-3-2-4-22(31(17)48-16-42)23-12-28(24(34(45)46)11-27(23)37)43-19-5-6-20(43)15-47-14-19/h2-4,7-12,19-20,38-39H,5-6,13-16H2,1H3,(H,45,46)/b38-32?,41-30-. The maximum absolute atomic E-state index is 15.7. The molecule has 2 unspecified atom stereocenters. The molecule has 0 aromatic heterocycles. The lowest BCUT2D eigenvalue weighted by Crippen LogP contribution is -2.46. The second-order valence-corrected chi connectivity index (χ2v) is 12.6. The van der Waals surface area contributed by atoms with E-state index >= 15 is 4.39 Å². The van der Waals surface area contributed by atoms with Gasteiger partial charge in [-0.2, -0.15) is 5.10 Å². The minimum atomic E-state index is -1.21. The molecular weight excluding hydrogens is 662 g/mol. The summed E-state index contributed by atoms with van der Waals surface area (Å²) in [5.74, 6) is -2.01. The van der Waals surface area contributed by atoms with Crippen LogP contribution in [0.3, 0.4) is 0 Å². The number of ether oxygens (including phenoxy) is 2. The Morgan fingerprint density at radius 1 is 1.10 bits per heavy atom. The number of carbonyl (C=O) groups excluding carboxylic acids is 1. The lowest BCUT2D eigenvalue weighted by molar-refractivity contribution is 0.0516. The minimum Gasteiger partial charge on any atom is -0.478 e. The van der Waals surface area contributed by atoms with Crippen molar-refractivity contribution in [1.82, 2.24) is 10.3 Å². The number of allylic oxidation sites excluding steroid dienone is 1. The number of anilines is 1. The van der Waals surface area contributed by atoms with Gasteiger partial charge in [0, 0.05) is 35.5 Å². The monoisotopic (exact) mass is 690 g/mol. The number of rotatable bonds is 6. The van der Waals surface area contributed by atoms with E-state index in [0.717, 1.165) is 18.9 Å². The number of hydrazone groups is 1. The number of nitrogens with zero attached hydrogens (tertiary/aromatic N) is 4. The normalized spacial score (nSPS) is 20.8. The molecule has 14 heteroatoms. The summed E-state index contributed by atoms with van der Waals surface area (Å²) < 4.78 is 27.5. The third kappa shape index (κ3) is 5.49. The van der Waals surface area contributed by atoms with E-state index in [1.807, 2.05) is 0 Å². The smallest absolute Gasteiger partial charge is 0.337 e. The van der Waals surface area contributed by atoms with E-state index in [2.05, 4.69) is 20.4 Å². The largest absolute Gasteiger partial charge is 0.478 e. The van der Waals surface area contributed by atoms with Gasteiger partial charge in [-0.15, -0.1) is 0 Å². The highest BCUT2D eigenvalue weighted by Gasteiger charge is 2.40. The van der Waals surface area contributed by atoms with Crippen molar-refractivity contribution in [3.05, 3.63) is 86.7 Å². The van der Waals surface area contributed by atoms with Crippen molar-refractivity contribution in [3.63, 3.8) is 0 Å². The highest BCUT2D eigenvalue weighted by atomic mass is 35.5. The van der Waals surface area contributed by atoms with E-state index in [4.69, 9.17) is 38.1 Å². The number of benzene rings is 3. The quantitative estimate of drug-likeness (QED) is 0.275. The van der Waals surface area contributed by atoms with E-state index in [-0.39, 0.29) is 57.9 Å². The molecule has 246 valence electrons. The molecule has 0 radical (unpaired) electrons. The van der Waals surface area contributed by atoms with Crippen molar-refractivity contribution in [3.8, 4) is 16.9 Å². The van der Waals surface area contributed by atoms with Crippen molar-refractivity contribution in [2.75, 3.05) is 31.9 Å². The molecule has 3 N–H and O–H groups in total. The number of amidine groups is 1. The number of aromatic carboxylic acids is 1. The first-order valence-corrected chi connectivity index (χ1v) is 16.0. The van der Waals surface area contributed by atoms with Crippen LogP contribution >= 0.6 is 23.2 Å². The van der Waals surface area contributed by atoms with Crippen molar-refractivity contribution in [2.45, 2.75) is 31.5 Å². The number of para-hydroxylation sites is 1. The number of hydrogen-bond acceptors (Lipinski definition) is 8. The summed E-state index contributed by atoms with van der Waals surface area (Å²) in [4.78, 5) is 33.5. The van der Waals surface area contributed by atoms with Crippen LogP contribution in [0.25, 0.3) is 16.7 Å². The first kappa shape index (κ1) is 31.8. The zero-order valence-corrected chi connectivity index (χ0v) is 27.1. The second kappa shape index (κ2) is 12.7. The molecule has 0 aliphatic carbocycles. The van der Waals surface area contributed by atoms with Gasteiger partial charge < -0.3 is 29.8 Å².